The monoisotopic (exact) mass is 535 g/mol. The number of nitrogens with one attached hydrogen (secondary N) is 1. The first-order valence-electron chi connectivity index (χ1n) is 12.8. The van der Waals surface area contributed by atoms with Crippen LogP contribution in [0.3, 0.4) is 0 Å². The molecule has 2 saturated heterocycles. The standard InChI is InChI=1S/C26H33N9O4/c27-15-8-16(28)12-34(11-15)25-31-24(32-26(33-25)35-13-17(29)9-19(36)14-35)30-18-6-7-21(22(37)10-18)23(38)39-20-4-2-1-3-5-20/h1-7,10,15-17,19,36-37H,8-9,11-14,27-29H2,(H,30,31,32,33)/t15-,16+,17-,19+/m1/s1. The third-order valence-corrected chi connectivity index (χ3v) is 6.58. The van der Waals surface area contributed by atoms with Gasteiger partial charge in [-0.3, -0.25) is 0 Å². The average Bonchev–Trinajstić information content (AvgIpc) is 2.88. The lowest BCUT2D eigenvalue weighted by Crippen LogP contribution is -2.53. The molecule has 13 heteroatoms. The highest BCUT2D eigenvalue weighted by molar-refractivity contribution is 5.94. The maximum Gasteiger partial charge on any atom is 0.347 e. The van der Waals surface area contributed by atoms with E-state index in [0.29, 0.717) is 62.4 Å². The highest BCUT2D eigenvalue weighted by Gasteiger charge is 2.29. The number of phenolic OH excluding ortho intramolecular Hbond substituents is 1. The van der Waals surface area contributed by atoms with Crippen molar-refractivity contribution >= 4 is 29.5 Å². The van der Waals surface area contributed by atoms with Crippen molar-refractivity contribution in [3.05, 3.63) is 54.1 Å². The molecule has 2 fully saturated rings. The first-order chi connectivity index (χ1) is 18.7. The van der Waals surface area contributed by atoms with Gasteiger partial charge in [-0.15, -0.1) is 0 Å². The van der Waals surface area contributed by atoms with Crippen molar-refractivity contribution in [3.8, 4) is 11.5 Å². The highest BCUT2D eigenvalue weighted by atomic mass is 16.5. The van der Waals surface area contributed by atoms with Gasteiger partial charge in [0, 0.05) is 56.1 Å². The van der Waals surface area contributed by atoms with Crippen molar-refractivity contribution in [2.24, 2.45) is 17.2 Å². The minimum Gasteiger partial charge on any atom is -0.507 e. The summed E-state index contributed by atoms with van der Waals surface area (Å²) in [5, 5.41) is 23.9. The summed E-state index contributed by atoms with van der Waals surface area (Å²) in [5.74, 6) is 0.344. The van der Waals surface area contributed by atoms with E-state index in [1.807, 2.05) is 15.9 Å². The minimum atomic E-state index is -0.687. The number of hydrogen-bond donors (Lipinski definition) is 6. The maximum atomic E-state index is 12.6. The van der Waals surface area contributed by atoms with Crippen LogP contribution in [0.25, 0.3) is 0 Å². The lowest BCUT2D eigenvalue weighted by molar-refractivity contribution is 0.0731. The van der Waals surface area contributed by atoms with Crippen molar-refractivity contribution in [1.29, 1.82) is 0 Å². The van der Waals surface area contributed by atoms with E-state index in [9.17, 15) is 15.0 Å². The van der Waals surface area contributed by atoms with Gasteiger partial charge >= 0.3 is 5.97 Å². The van der Waals surface area contributed by atoms with E-state index in [4.69, 9.17) is 21.9 Å². The molecular formula is C26H33N9O4. The molecule has 2 aliphatic rings. The third-order valence-electron chi connectivity index (χ3n) is 6.58. The molecule has 9 N–H and O–H groups in total. The highest BCUT2D eigenvalue weighted by Crippen LogP contribution is 2.27. The number of piperidine rings is 2. The van der Waals surface area contributed by atoms with Gasteiger partial charge in [-0.25, -0.2) is 4.79 Å². The third kappa shape index (κ3) is 6.52. The summed E-state index contributed by atoms with van der Waals surface area (Å²) in [4.78, 5) is 30.1. The molecule has 0 bridgehead atoms. The summed E-state index contributed by atoms with van der Waals surface area (Å²) < 4.78 is 5.33. The zero-order valence-corrected chi connectivity index (χ0v) is 21.3. The number of benzene rings is 2. The maximum absolute atomic E-state index is 12.6. The molecule has 3 aromatic rings. The van der Waals surface area contributed by atoms with Crippen molar-refractivity contribution in [3.63, 3.8) is 0 Å². The summed E-state index contributed by atoms with van der Waals surface area (Å²) >= 11 is 0. The lowest BCUT2D eigenvalue weighted by atomic mass is 10.0. The number of anilines is 4. The molecule has 13 nitrogen and oxygen atoms in total. The molecule has 1 aromatic heterocycles. The van der Waals surface area contributed by atoms with Crippen molar-refractivity contribution < 1.29 is 19.7 Å². The number of nitrogens with two attached hydrogens (primary N) is 3. The van der Waals surface area contributed by atoms with Crippen molar-refractivity contribution in [2.75, 3.05) is 41.3 Å². The molecular weight excluding hydrogens is 502 g/mol. The first-order valence-corrected chi connectivity index (χ1v) is 12.8. The number of rotatable bonds is 6. The molecule has 0 aliphatic carbocycles. The van der Waals surface area contributed by atoms with Crippen LogP contribution >= 0.6 is 0 Å². The minimum absolute atomic E-state index is 0.00834. The Balaban J connectivity index is 1.41. The number of para-hydroxylation sites is 1. The zero-order valence-electron chi connectivity index (χ0n) is 21.3. The van der Waals surface area contributed by atoms with Gasteiger partial charge in [-0.05, 0) is 37.1 Å². The molecule has 2 aliphatic heterocycles. The average molecular weight is 536 g/mol. The van der Waals surface area contributed by atoms with E-state index in [2.05, 4.69) is 20.3 Å². The van der Waals surface area contributed by atoms with E-state index in [0.717, 1.165) is 0 Å². The number of carbonyl (C=O) groups is 1. The van der Waals surface area contributed by atoms with Crippen LogP contribution in [0.15, 0.2) is 48.5 Å². The van der Waals surface area contributed by atoms with Gasteiger partial charge in [0.25, 0.3) is 0 Å². The van der Waals surface area contributed by atoms with Crippen LogP contribution in [0.1, 0.15) is 23.2 Å². The second kappa shape index (κ2) is 11.4. The summed E-state index contributed by atoms with van der Waals surface area (Å²) in [6.45, 7) is 1.85. The second-order valence-electron chi connectivity index (χ2n) is 10.0. The first kappa shape index (κ1) is 26.6. The molecule has 2 aromatic carbocycles. The topological polar surface area (TPSA) is 202 Å². The fraction of sp³-hybridized carbons (Fsp3) is 0.385. The Kier molecular flexibility index (Phi) is 7.74. The Morgan fingerprint density at radius 3 is 2.10 bits per heavy atom. The van der Waals surface area contributed by atoms with Crippen molar-refractivity contribution in [1.82, 2.24) is 15.0 Å². The number of hydrogen-bond acceptors (Lipinski definition) is 13. The molecule has 0 saturated carbocycles. The molecule has 39 heavy (non-hydrogen) atoms. The Labute approximate surface area is 225 Å². The van der Waals surface area contributed by atoms with Crippen LogP contribution in [-0.4, -0.2) is 81.5 Å². The zero-order chi connectivity index (χ0) is 27.5. The van der Waals surface area contributed by atoms with E-state index >= 15 is 0 Å². The van der Waals surface area contributed by atoms with Gasteiger partial charge < -0.3 is 47.3 Å². The molecule has 206 valence electrons. The SMILES string of the molecule is N[C@@H]1C[C@H](N)CN(c2nc(Nc3ccc(C(=O)Oc4ccccc4)c(O)c3)nc(N3C[C@H](N)C[C@H](O)C3)n2)C1. The van der Waals surface area contributed by atoms with E-state index < -0.39 is 12.1 Å². The molecule has 0 spiro atoms. The van der Waals surface area contributed by atoms with Gasteiger partial charge in [-0.1, -0.05) is 18.2 Å². The fourth-order valence-electron chi connectivity index (χ4n) is 4.87. The molecule has 0 unspecified atom stereocenters. The number of aromatic nitrogens is 3. The quantitative estimate of drug-likeness (QED) is 0.186. The van der Waals surface area contributed by atoms with Gasteiger partial charge in [0.2, 0.25) is 17.8 Å². The fourth-order valence-corrected chi connectivity index (χ4v) is 4.87. The van der Waals surface area contributed by atoms with Crippen LogP contribution in [0, 0.1) is 0 Å². The molecule has 3 heterocycles. The van der Waals surface area contributed by atoms with E-state index in [1.54, 1.807) is 30.3 Å². The Morgan fingerprint density at radius 2 is 1.49 bits per heavy atom. The van der Waals surface area contributed by atoms with E-state index in [-0.39, 0.29) is 35.4 Å². The number of ether oxygens (including phenoxy) is 1. The number of aliphatic hydroxyl groups is 1. The van der Waals surface area contributed by atoms with Gasteiger partial charge in [0.05, 0.1) is 6.10 Å². The number of phenols is 1. The van der Waals surface area contributed by atoms with Gasteiger partial charge in [0.15, 0.2) is 0 Å². The van der Waals surface area contributed by atoms with Crippen LogP contribution in [0.5, 0.6) is 11.5 Å². The van der Waals surface area contributed by atoms with E-state index in [1.165, 1.54) is 12.1 Å². The number of β-amino-alcohol motifs (C(OH)–C–C–N with tert-alkyl or cyclic N) is 1. The van der Waals surface area contributed by atoms with Crippen LogP contribution in [-0.2, 0) is 0 Å². The second-order valence-corrected chi connectivity index (χ2v) is 10.0. The van der Waals surface area contributed by atoms with Crippen LogP contribution < -0.4 is 37.1 Å². The number of aliphatic hydroxyl groups excluding tert-OH is 1. The summed E-state index contributed by atoms with van der Waals surface area (Å²) in [6, 6.07) is 12.6. The smallest absolute Gasteiger partial charge is 0.347 e. The molecule has 0 amide bonds. The number of carbonyl (C=O) groups excluding carboxylic acids is 1. The Bertz CT molecular complexity index is 1250. The lowest BCUT2D eigenvalue weighted by Gasteiger charge is -2.36. The van der Waals surface area contributed by atoms with Crippen LogP contribution in [0.4, 0.5) is 23.5 Å². The number of nitrogens with zero attached hydrogens (tertiary/aromatic N) is 5. The predicted octanol–water partition coefficient (Wildman–Crippen LogP) is 0.303. The number of aromatic hydroxyl groups is 1. The predicted molar refractivity (Wildman–Crippen MR) is 146 cm³/mol. The Hall–Kier alpha value is -4.04. The van der Waals surface area contributed by atoms with Crippen LogP contribution in [0.2, 0.25) is 0 Å². The Morgan fingerprint density at radius 1 is 0.872 bits per heavy atom. The summed E-state index contributed by atoms with van der Waals surface area (Å²) in [5.41, 5.74) is 19.0. The number of esters is 1. The molecule has 4 atom stereocenters. The largest absolute Gasteiger partial charge is 0.507 e. The summed E-state index contributed by atoms with van der Waals surface area (Å²) in [6.07, 6.45) is 0.584. The molecule has 5 rings (SSSR count). The summed E-state index contributed by atoms with van der Waals surface area (Å²) in [7, 11) is 0. The van der Waals surface area contributed by atoms with Crippen molar-refractivity contribution in [2.45, 2.75) is 37.1 Å². The van der Waals surface area contributed by atoms with Gasteiger partial charge in [0.1, 0.15) is 17.1 Å². The molecule has 0 radical (unpaired) electrons. The van der Waals surface area contributed by atoms with Gasteiger partial charge in [-0.2, -0.15) is 15.0 Å². The normalized spacial score (nSPS) is 23.4.